The van der Waals surface area contributed by atoms with Gasteiger partial charge in [-0.2, -0.15) is 4.98 Å². The molecule has 0 saturated carbocycles. The smallest absolute Gasteiger partial charge is 0.226 e. The predicted molar refractivity (Wildman–Crippen MR) is 83.2 cm³/mol. The monoisotopic (exact) mass is 320 g/mol. The highest BCUT2D eigenvalue weighted by molar-refractivity contribution is 7.91. The molecular formula is C16H20N2O3S. The molecule has 0 atom stereocenters. The molecule has 1 fully saturated rings. The number of sulfone groups is 1. The zero-order valence-corrected chi connectivity index (χ0v) is 13.3. The van der Waals surface area contributed by atoms with Crippen LogP contribution in [0.25, 0.3) is 0 Å². The molecular weight excluding hydrogens is 300 g/mol. The van der Waals surface area contributed by atoms with E-state index < -0.39 is 9.84 Å². The van der Waals surface area contributed by atoms with Crippen LogP contribution in [0.4, 0.5) is 0 Å². The van der Waals surface area contributed by atoms with E-state index in [1.807, 2.05) is 18.2 Å². The highest BCUT2D eigenvalue weighted by Gasteiger charge is 2.25. The van der Waals surface area contributed by atoms with Gasteiger partial charge in [-0.15, -0.1) is 0 Å². The van der Waals surface area contributed by atoms with Gasteiger partial charge in [0.05, 0.1) is 11.5 Å². The summed E-state index contributed by atoms with van der Waals surface area (Å²) in [6, 6.07) is 10.2. The third-order valence-corrected chi connectivity index (χ3v) is 5.84. The molecule has 2 aromatic rings. The molecule has 1 saturated heterocycles. The minimum Gasteiger partial charge on any atom is -0.339 e. The average molecular weight is 320 g/mol. The highest BCUT2D eigenvalue weighted by Crippen LogP contribution is 2.22. The molecule has 22 heavy (non-hydrogen) atoms. The topological polar surface area (TPSA) is 73.1 Å². The third-order valence-electron chi connectivity index (χ3n) is 4.13. The number of hydrogen-bond acceptors (Lipinski definition) is 5. The Morgan fingerprint density at radius 3 is 2.55 bits per heavy atom. The van der Waals surface area contributed by atoms with Crippen LogP contribution in [0.15, 0.2) is 34.9 Å². The second-order valence-electron chi connectivity index (χ2n) is 5.89. The Hall–Kier alpha value is -1.69. The van der Waals surface area contributed by atoms with E-state index in [-0.39, 0.29) is 11.5 Å². The van der Waals surface area contributed by atoms with Gasteiger partial charge in [0.25, 0.3) is 0 Å². The molecule has 0 spiro atoms. The van der Waals surface area contributed by atoms with Gasteiger partial charge in [0.2, 0.25) is 5.89 Å². The Bertz CT molecular complexity index is 696. The fourth-order valence-electron chi connectivity index (χ4n) is 2.77. The minimum atomic E-state index is -2.81. The van der Waals surface area contributed by atoms with E-state index in [0.29, 0.717) is 31.1 Å². The number of nitrogens with zero attached hydrogens (tertiary/aromatic N) is 2. The lowest BCUT2D eigenvalue weighted by Gasteiger charge is -2.19. The van der Waals surface area contributed by atoms with Crippen molar-refractivity contribution in [3.8, 4) is 0 Å². The van der Waals surface area contributed by atoms with Gasteiger partial charge in [-0.1, -0.05) is 35.5 Å². The lowest BCUT2D eigenvalue weighted by atomic mass is 9.99. The van der Waals surface area contributed by atoms with Crippen LogP contribution in [0, 0.1) is 5.92 Å². The van der Waals surface area contributed by atoms with Crippen LogP contribution < -0.4 is 0 Å². The molecule has 3 rings (SSSR count). The molecule has 2 heterocycles. The first-order chi connectivity index (χ1) is 10.6. The van der Waals surface area contributed by atoms with Crippen molar-refractivity contribution in [2.45, 2.75) is 32.1 Å². The first-order valence-electron chi connectivity index (χ1n) is 7.66. The van der Waals surface area contributed by atoms with E-state index in [2.05, 4.69) is 22.3 Å². The summed E-state index contributed by atoms with van der Waals surface area (Å²) in [5.41, 5.74) is 1.26. The van der Waals surface area contributed by atoms with Crippen molar-refractivity contribution < 1.29 is 12.9 Å². The van der Waals surface area contributed by atoms with Crippen LogP contribution >= 0.6 is 0 Å². The van der Waals surface area contributed by atoms with Gasteiger partial charge in [-0.05, 0) is 30.7 Å². The fraction of sp³-hybridized carbons (Fsp3) is 0.500. The summed E-state index contributed by atoms with van der Waals surface area (Å²) in [6.45, 7) is 0. The molecule has 1 aromatic heterocycles. The first-order valence-corrected chi connectivity index (χ1v) is 9.49. The Morgan fingerprint density at radius 1 is 1.09 bits per heavy atom. The minimum absolute atomic E-state index is 0.284. The molecule has 5 nitrogen and oxygen atoms in total. The predicted octanol–water partition coefficient (Wildman–Crippen LogP) is 2.22. The van der Waals surface area contributed by atoms with E-state index in [1.54, 1.807) is 0 Å². The number of rotatable bonds is 5. The van der Waals surface area contributed by atoms with E-state index in [1.165, 1.54) is 5.56 Å². The molecule has 118 valence electrons. The summed E-state index contributed by atoms with van der Waals surface area (Å²) in [4.78, 5) is 4.43. The maximum atomic E-state index is 11.4. The van der Waals surface area contributed by atoms with E-state index in [4.69, 9.17) is 4.52 Å². The van der Waals surface area contributed by atoms with Crippen LogP contribution in [0.3, 0.4) is 0 Å². The van der Waals surface area contributed by atoms with Crippen molar-refractivity contribution >= 4 is 9.84 Å². The zero-order chi connectivity index (χ0) is 15.4. The Balaban J connectivity index is 1.51. The average Bonchev–Trinajstić information content (AvgIpc) is 2.96. The molecule has 0 aliphatic carbocycles. The number of aryl methyl sites for hydroxylation is 2. The summed E-state index contributed by atoms with van der Waals surface area (Å²) < 4.78 is 28.1. The molecule has 0 bridgehead atoms. The molecule has 0 amide bonds. The quantitative estimate of drug-likeness (QED) is 0.844. The second-order valence-corrected chi connectivity index (χ2v) is 8.19. The molecule has 6 heteroatoms. The van der Waals surface area contributed by atoms with Gasteiger partial charge in [0.15, 0.2) is 5.82 Å². The molecule has 1 aliphatic heterocycles. The van der Waals surface area contributed by atoms with Crippen LogP contribution in [-0.4, -0.2) is 30.1 Å². The number of benzene rings is 1. The normalized spacial score (nSPS) is 18.4. The van der Waals surface area contributed by atoms with Crippen molar-refractivity contribution in [2.75, 3.05) is 11.5 Å². The molecule has 0 radical (unpaired) electrons. The van der Waals surface area contributed by atoms with Gasteiger partial charge >= 0.3 is 0 Å². The highest BCUT2D eigenvalue weighted by atomic mass is 32.2. The summed E-state index contributed by atoms with van der Waals surface area (Å²) in [5.74, 6) is 2.26. The van der Waals surface area contributed by atoms with E-state index >= 15 is 0 Å². The zero-order valence-electron chi connectivity index (χ0n) is 12.4. The Labute approximate surface area is 130 Å². The number of hydrogen-bond donors (Lipinski definition) is 0. The van der Waals surface area contributed by atoms with Gasteiger partial charge in [-0.25, -0.2) is 8.42 Å². The van der Waals surface area contributed by atoms with E-state index in [9.17, 15) is 8.42 Å². The Kier molecular flexibility index (Phi) is 4.57. The van der Waals surface area contributed by atoms with Crippen molar-refractivity contribution in [3.63, 3.8) is 0 Å². The maximum absolute atomic E-state index is 11.4. The summed E-state index contributed by atoms with van der Waals surface area (Å²) in [5, 5.41) is 4.02. The van der Waals surface area contributed by atoms with Crippen LogP contribution in [-0.2, 0) is 29.1 Å². The van der Waals surface area contributed by atoms with Gasteiger partial charge in [0, 0.05) is 12.8 Å². The molecule has 0 N–H and O–H groups in total. The van der Waals surface area contributed by atoms with Gasteiger partial charge < -0.3 is 4.52 Å². The first kappa shape index (κ1) is 15.2. The SMILES string of the molecule is O=S1(=O)CCC(Cc2nc(CCc3ccccc3)no2)CC1. The summed E-state index contributed by atoms with van der Waals surface area (Å²) in [6.07, 6.45) is 3.73. The van der Waals surface area contributed by atoms with Crippen molar-refractivity contribution in [1.82, 2.24) is 10.1 Å². The Morgan fingerprint density at radius 2 is 1.82 bits per heavy atom. The van der Waals surface area contributed by atoms with Crippen LogP contribution in [0.1, 0.15) is 30.1 Å². The van der Waals surface area contributed by atoms with Crippen molar-refractivity contribution in [3.05, 3.63) is 47.6 Å². The van der Waals surface area contributed by atoms with Crippen LogP contribution in [0.2, 0.25) is 0 Å². The molecule has 1 aromatic carbocycles. The summed E-state index contributed by atoms with van der Waals surface area (Å²) in [7, 11) is -2.81. The second kappa shape index (κ2) is 6.60. The summed E-state index contributed by atoms with van der Waals surface area (Å²) >= 11 is 0. The van der Waals surface area contributed by atoms with Crippen molar-refractivity contribution in [1.29, 1.82) is 0 Å². The molecule has 1 aliphatic rings. The number of aromatic nitrogens is 2. The lowest BCUT2D eigenvalue weighted by Crippen LogP contribution is -2.24. The standard InChI is InChI=1S/C16H20N2O3S/c19-22(20)10-8-14(9-11-22)12-16-17-15(18-21-16)7-6-13-4-2-1-3-5-13/h1-5,14H,6-12H2. The van der Waals surface area contributed by atoms with Gasteiger partial charge in [-0.3, -0.25) is 0 Å². The largest absolute Gasteiger partial charge is 0.339 e. The third kappa shape index (κ3) is 4.16. The van der Waals surface area contributed by atoms with Gasteiger partial charge in [0.1, 0.15) is 9.84 Å². The van der Waals surface area contributed by atoms with Crippen molar-refractivity contribution in [2.24, 2.45) is 5.92 Å². The molecule has 0 unspecified atom stereocenters. The van der Waals surface area contributed by atoms with E-state index in [0.717, 1.165) is 18.7 Å². The van der Waals surface area contributed by atoms with Crippen LogP contribution in [0.5, 0.6) is 0 Å². The fourth-order valence-corrected chi connectivity index (χ4v) is 4.35. The maximum Gasteiger partial charge on any atom is 0.226 e. The lowest BCUT2D eigenvalue weighted by molar-refractivity contribution is 0.339.